The van der Waals surface area contributed by atoms with Crippen molar-refractivity contribution in [3.63, 3.8) is 0 Å². The summed E-state index contributed by atoms with van der Waals surface area (Å²) in [7, 11) is -2.65. The summed E-state index contributed by atoms with van der Waals surface area (Å²) in [5.74, 6) is -1.55. The molecule has 2 aromatic carbocycles. The molecule has 0 aliphatic carbocycles. The molecule has 11 nitrogen and oxygen atoms in total. The van der Waals surface area contributed by atoms with E-state index in [1.165, 1.54) is 30.1 Å². The van der Waals surface area contributed by atoms with Gasteiger partial charge in [0.1, 0.15) is 17.4 Å². The van der Waals surface area contributed by atoms with Crippen molar-refractivity contribution in [1.82, 2.24) is 19.2 Å². The third-order valence-electron chi connectivity index (χ3n) is 7.48. The van der Waals surface area contributed by atoms with Gasteiger partial charge in [-0.2, -0.15) is 18.0 Å². The van der Waals surface area contributed by atoms with Crippen molar-refractivity contribution in [3.05, 3.63) is 57.3 Å². The average Bonchev–Trinajstić information content (AvgIpc) is 3.34. The number of ether oxygens (including phenoxy) is 2. The van der Waals surface area contributed by atoms with Crippen LogP contribution in [-0.4, -0.2) is 61.2 Å². The highest BCUT2D eigenvalue weighted by Gasteiger charge is 2.42. The van der Waals surface area contributed by atoms with E-state index in [4.69, 9.17) is 21.1 Å². The average molecular weight is 591 g/mol. The molecule has 1 atom stereocenters. The number of anilines is 1. The minimum atomic E-state index is -4.00. The lowest BCUT2D eigenvalue weighted by Crippen LogP contribution is -2.41. The van der Waals surface area contributed by atoms with Crippen molar-refractivity contribution < 1.29 is 22.3 Å². The molecule has 2 N–H and O–H groups in total. The second-order valence-corrected chi connectivity index (χ2v) is 12.0. The molecule has 2 aliphatic rings. The number of hydrogen-bond donors (Lipinski definition) is 2. The zero-order chi connectivity index (χ0) is 28.7. The second-order valence-electron chi connectivity index (χ2n) is 9.86. The topological polar surface area (TPSA) is 139 Å². The Kier molecular flexibility index (Phi) is 7.73. The van der Waals surface area contributed by atoms with Crippen LogP contribution in [0, 0.1) is 17.1 Å². The first-order valence-corrected chi connectivity index (χ1v) is 14.6. The Morgan fingerprint density at radius 1 is 1.35 bits per heavy atom. The van der Waals surface area contributed by atoms with E-state index in [1.54, 1.807) is 13.0 Å². The summed E-state index contributed by atoms with van der Waals surface area (Å²) in [4.78, 5) is 18.0. The summed E-state index contributed by atoms with van der Waals surface area (Å²) in [6.45, 7) is 3.88. The third-order valence-corrected chi connectivity index (χ3v) is 9.41. The quantitative estimate of drug-likeness (QED) is 0.426. The number of halogens is 2. The molecule has 3 heterocycles. The maximum absolute atomic E-state index is 14.9. The maximum atomic E-state index is 14.9. The van der Waals surface area contributed by atoms with Gasteiger partial charge in [-0.1, -0.05) is 18.5 Å². The van der Waals surface area contributed by atoms with Crippen LogP contribution < -0.4 is 20.3 Å². The zero-order valence-corrected chi connectivity index (χ0v) is 23.5. The van der Waals surface area contributed by atoms with Gasteiger partial charge in [0.15, 0.2) is 11.6 Å². The number of fused-ring (bicyclic) bond motifs is 1. The molecule has 0 saturated carbocycles. The van der Waals surface area contributed by atoms with E-state index in [9.17, 15) is 22.9 Å². The fourth-order valence-electron chi connectivity index (χ4n) is 5.08. The fourth-order valence-corrected chi connectivity index (χ4v) is 6.31. The number of benzene rings is 2. The van der Waals surface area contributed by atoms with E-state index in [-0.39, 0.29) is 45.6 Å². The Hall–Kier alpha value is -3.28. The lowest BCUT2D eigenvalue weighted by molar-refractivity contribution is -0.0196. The molecule has 0 bridgehead atoms. The smallest absolute Gasteiger partial charge is 0.301 e. The predicted octanol–water partition coefficient (Wildman–Crippen LogP) is 3.54. The summed E-state index contributed by atoms with van der Waals surface area (Å²) in [6.07, 6.45) is 3.86. The number of nitriles is 1. The number of piperidine rings is 1. The second kappa shape index (κ2) is 10.9. The number of nitrogens with zero attached hydrogens (tertiary/aromatic N) is 4. The molecule has 212 valence electrons. The van der Waals surface area contributed by atoms with Crippen LogP contribution in [0.15, 0.2) is 35.4 Å². The molecule has 40 heavy (non-hydrogen) atoms. The first kappa shape index (κ1) is 28.3. The van der Waals surface area contributed by atoms with Crippen molar-refractivity contribution in [2.45, 2.75) is 37.8 Å². The predicted molar refractivity (Wildman–Crippen MR) is 147 cm³/mol. The number of hydrogen-bond acceptors (Lipinski definition) is 8. The molecule has 2 aliphatic heterocycles. The molecule has 3 aromatic rings. The van der Waals surface area contributed by atoms with Crippen molar-refractivity contribution >= 4 is 38.4 Å². The van der Waals surface area contributed by atoms with Crippen molar-refractivity contribution in [2.24, 2.45) is 0 Å². The van der Waals surface area contributed by atoms with Gasteiger partial charge in [-0.15, -0.1) is 0 Å². The minimum absolute atomic E-state index is 0.0771. The Labute approximate surface area is 235 Å². The van der Waals surface area contributed by atoms with E-state index >= 15 is 0 Å². The fraction of sp³-hybridized carbons (Fsp3) is 0.423. The van der Waals surface area contributed by atoms with Crippen molar-refractivity contribution in [1.29, 1.82) is 5.26 Å². The number of aromatic nitrogens is 2. The highest BCUT2D eigenvalue weighted by Crippen LogP contribution is 2.40. The van der Waals surface area contributed by atoms with Crippen LogP contribution in [0.3, 0.4) is 0 Å². The highest BCUT2D eigenvalue weighted by molar-refractivity contribution is 7.90. The lowest BCUT2D eigenvalue weighted by atomic mass is 9.88. The Balaban J connectivity index is 1.51. The van der Waals surface area contributed by atoms with Crippen LogP contribution in [0.4, 0.5) is 10.1 Å². The molecule has 0 amide bonds. The van der Waals surface area contributed by atoms with E-state index < -0.39 is 27.3 Å². The molecular formula is C26H28ClFN6O5S. The van der Waals surface area contributed by atoms with Gasteiger partial charge in [0.2, 0.25) is 0 Å². The van der Waals surface area contributed by atoms with Gasteiger partial charge in [-0.25, -0.2) is 9.37 Å². The molecular weight excluding hydrogens is 563 g/mol. The largest absolute Gasteiger partial charge is 0.451 e. The molecule has 14 heteroatoms. The Morgan fingerprint density at radius 3 is 2.80 bits per heavy atom. The number of nitrogens with one attached hydrogen (secondary N) is 2. The monoisotopic (exact) mass is 590 g/mol. The Bertz CT molecular complexity index is 1670. The van der Waals surface area contributed by atoms with Gasteiger partial charge >= 0.3 is 10.2 Å². The Morgan fingerprint density at radius 2 is 2.10 bits per heavy atom. The summed E-state index contributed by atoms with van der Waals surface area (Å²) in [5.41, 5.74) is -0.913. The van der Waals surface area contributed by atoms with Gasteiger partial charge in [0.25, 0.3) is 5.56 Å². The zero-order valence-electron chi connectivity index (χ0n) is 21.9. The molecule has 2 fully saturated rings. The van der Waals surface area contributed by atoms with Crippen LogP contribution in [0.5, 0.6) is 11.5 Å². The van der Waals surface area contributed by atoms with Gasteiger partial charge in [0, 0.05) is 13.6 Å². The van der Waals surface area contributed by atoms with Gasteiger partial charge in [0.05, 0.1) is 46.2 Å². The minimum Gasteiger partial charge on any atom is -0.451 e. The van der Waals surface area contributed by atoms with Crippen molar-refractivity contribution in [2.75, 3.05) is 38.0 Å². The van der Waals surface area contributed by atoms with Crippen LogP contribution in [-0.2, 0) is 14.9 Å². The van der Waals surface area contributed by atoms with Gasteiger partial charge in [-0.05, 0) is 56.6 Å². The first-order chi connectivity index (χ1) is 19.1. The van der Waals surface area contributed by atoms with E-state index in [2.05, 4.69) is 15.0 Å². The van der Waals surface area contributed by atoms with Gasteiger partial charge < -0.3 is 14.8 Å². The summed E-state index contributed by atoms with van der Waals surface area (Å²) < 4.78 is 56.7. The first-order valence-electron chi connectivity index (χ1n) is 12.8. The van der Waals surface area contributed by atoms with E-state index in [0.717, 1.165) is 42.4 Å². The van der Waals surface area contributed by atoms with Crippen LogP contribution >= 0.6 is 11.6 Å². The van der Waals surface area contributed by atoms with E-state index in [0.29, 0.717) is 18.5 Å². The van der Waals surface area contributed by atoms with Crippen LogP contribution in [0.2, 0.25) is 5.02 Å². The maximum Gasteiger partial charge on any atom is 0.301 e. The normalized spacial score (nSPS) is 18.8. The highest BCUT2D eigenvalue weighted by atomic mass is 35.5. The standard InChI is InChI=1S/C26H28ClFN6O5S/c1-3-33(2)40(36,37)32-19-5-4-18(28)24(17(19)13-29)39-21-7-6-20-22(23(21)27)25(35)34(15-31-20)16-12-26(38-14-16)8-10-30-11-9-26/h4-7,15-16,30,32H,3,8-12,14H2,1-2H3/t16-/m1/s1. The molecule has 2 saturated heterocycles. The SMILES string of the molecule is CCN(C)S(=O)(=O)Nc1ccc(F)c(Oc2ccc3ncn([C@H]4COC5(CCNCC5)C4)c(=O)c3c2Cl)c1C#N. The van der Waals surface area contributed by atoms with Crippen LogP contribution in [0.1, 0.15) is 37.8 Å². The van der Waals surface area contributed by atoms with Crippen LogP contribution in [0.25, 0.3) is 10.9 Å². The molecule has 1 spiro atoms. The summed E-state index contributed by atoms with van der Waals surface area (Å²) in [5, 5.41) is 13.1. The summed E-state index contributed by atoms with van der Waals surface area (Å²) in [6, 6.07) is 6.59. The van der Waals surface area contributed by atoms with E-state index in [1.807, 2.05) is 0 Å². The molecule has 5 rings (SSSR count). The lowest BCUT2D eigenvalue weighted by Gasteiger charge is -2.32. The molecule has 0 unspecified atom stereocenters. The van der Waals surface area contributed by atoms with Gasteiger partial charge in [-0.3, -0.25) is 14.1 Å². The van der Waals surface area contributed by atoms with Crippen molar-refractivity contribution in [3.8, 4) is 17.6 Å². The number of rotatable bonds is 7. The molecule has 1 aromatic heterocycles. The molecule has 0 radical (unpaired) electrons. The third kappa shape index (κ3) is 5.13. The summed E-state index contributed by atoms with van der Waals surface area (Å²) >= 11 is 6.63.